The monoisotopic (exact) mass is 290 g/mol. The van der Waals surface area contributed by atoms with E-state index in [1.165, 1.54) is 16.0 Å². The van der Waals surface area contributed by atoms with Gasteiger partial charge in [0.25, 0.3) is 0 Å². The van der Waals surface area contributed by atoms with Gasteiger partial charge in [-0.2, -0.15) is 0 Å². The maximum absolute atomic E-state index is 5.38. The number of rotatable bonds is 6. The standard InChI is InChI=1S/C17H22O2S/c1-13(2)5-4-6-14(3)9-10-20-15-7-8-16-17(11-15)19-12-18-16/h5,7-9,11H,4,6,10,12H2,1-3H3. The second kappa shape index (κ2) is 7.44. The molecular formula is C17H22O2S. The Morgan fingerprint density at radius 1 is 1.15 bits per heavy atom. The molecule has 0 amide bonds. The lowest BCUT2D eigenvalue weighted by molar-refractivity contribution is 0.174. The molecule has 0 fully saturated rings. The van der Waals surface area contributed by atoms with E-state index in [2.05, 4.69) is 45.1 Å². The molecule has 1 aromatic carbocycles. The number of hydrogen-bond acceptors (Lipinski definition) is 3. The summed E-state index contributed by atoms with van der Waals surface area (Å²) < 4.78 is 10.7. The Kier molecular flexibility index (Phi) is 5.60. The Morgan fingerprint density at radius 2 is 1.95 bits per heavy atom. The van der Waals surface area contributed by atoms with E-state index in [4.69, 9.17) is 9.47 Å². The average molecular weight is 290 g/mol. The predicted octanol–water partition coefficient (Wildman–Crippen LogP) is 5.20. The third-order valence-electron chi connectivity index (χ3n) is 3.12. The van der Waals surface area contributed by atoms with Crippen molar-refractivity contribution in [3.63, 3.8) is 0 Å². The van der Waals surface area contributed by atoms with Crippen LogP contribution < -0.4 is 9.47 Å². The molecule has 0 aromatic heterocycles. The van der Waals surface area contributed by atoms with E-state index in [9.17, 15) is 0 Å². The number of thioether (sulfide) groups is 1. The van der Waals surface area contributed by atoms with Crippen molar-refractivity contribution in [1.29, 1.82) is 0 Å². The lowest BCUT2D eigenvalue weighted by Gasteiger charge is -2.02. The van der Waals surface area contributed by atoms with Crippen molar-refractivity contribution < 1.29 is 9.47 Å². The van der Waals surface area contributed by atoms with Gasteiger partial charge in [-0.1, -0.05) is 23.3 Å². The minimum atomic E-state index is 0.340. The first-order chi connectivity index (χ1) is 9.65. The fourth-order valence-corrected chi connectivity index (χ4v) is 2.85. The molecule has 0 spiro atoms. The largest absolute Gasteiger partial charge is 0.454 e. The molecule has 2 nitrogen and oxygen atoms in total. The highest BCUT2D eigenvalue weighted by Gasteiger charge is 2.12. The predicted molar refractivity (Wildman–Crippen MR) is 85.7 cm³/mol. The van der Waals surface area contributed by atoms with Gasteiger partial charge in [-0.05, 0) is 51.8 Å². The molecule has 20 heavy (non-hydrogen) atoms. The number of fused-ring (bicyclic) bond motifs is 1. The third-order valence-corrected chi connectivity index (χ3v) is 4.04. The molecule has 1 heterocycles. The summed E-state index contributed by atoms with van der Waals surface area (Å²) in [4.78, 5) is 1.22. The Balaban J connectivity index is 1.79. The normalized spacial score (nSPS) is 13.4. The fourth-order valence-electron chi connectivity index (χ4n) is 1.94. The third kappa shape index (κ3) is 4.64. The maximum atomic E-state index is 5.38. The molecule has 1 aliphatic heterocycles. The van der Waals surface area contributed by atoms with Crippen LogP contribution in [0.15, 0.2) is 46.4 Å². The van der Waals surface area contributed by atoms with Gasteiger partial charge in [-0.3, -0.25) is 0 Å². The van der Waals surface area contributed by atoms with Crippen LogP contribution in [0.3, 0.4) is 0 Å². The van der Waals surface area contributed by atoms with E-state index in [0.29, 0.717) is 6.79 Å². The van der Waals surface area contributed by atoms with Gasteiger partial charge in [0.15, 0.2) is 11.5 Å². The van der Waals surface area contributed by atoms with Gasteiger partial charge in [0, 0.05) is 10.6 Å². The number of benzene rings is 1. The number of hydrogen-bond donors (Lipinski definition) is 0. The summed E-state index contributed by atoms with van der Waals surface area (Å²) in [6, 6.07) is 6.12. The van der Waals surface area contributed by atoms with Gasteiger partial charge in [0.05, 0.1) is 0 Å². The first kappa shape index (κ1) is 15.0. The Morgan fingerprint density at radius 3 is 2.75 bits per heavy atom. The van der Waals surface area contributed by atoms with Crippen LogP contribution in [0.2, 0.25) is 0 Å². The fraction of sp³-hybridized carbons (Fsp3) is 0.412. The highest BCUT2D eigenvalue weighted by molar-refractivity contribution is 7.99. The molecule has 1 aliphatic rings. The van der Waals surface area contributed by atoms with Crippen molar-refractivity contribution in [2.75, 3.05) is 12.5 Å². The molecule has 0 atom stereocenters. The van der Waals surface area contributed by atoms with Gasteiger partial charge >= 0.3 is 0 Å². The van der Waals surface area contributed by atoms with Crippen LogP contribution in [0.4, 0.5) is 0 Å². The first-order valence-electron chi connectivity index (χ1n) is 6.96. The molecule has 0 aliphatic carbocycles. The second-order valence-electron chi connectivity index (χ2n) is 5.20. The summed E-state index contributed by atoms with van der Waals surface area (Å²) >= 11 is 1.83. The van der Waals surface area contributed by atoms with Crippen molar-refractivity contribution in [2.45, 2.75) is 38.5 Å². The molecule has 0 N–H and O–H groups in total. The minimum Gasteiger partial charge on any atom is -0.454 e. The summed E-state index contributed by atoms with van der Waals surface area (Å²) in [6.07, 6.45) is 6.89. The number of allylic oxidation sites excluding steroid dienone is 3. The molecule has 0 saturated heterocycles. The van der Waals surface area contributed by atoms with Crippen LogP contribution in [0.5, 0.6) is 11.5 Å². The summed E-state index contributed by atoms with van der Waals surface area (Å²) in [5, 5.41) is 0. The van der Waals surface area contributed by atoms with E-state index < -0.39 is 0 Å². The van der Waals surface area contributed by atoms with Gasteiger partial charge in [-0.25, -0.2) is 0 Å². The number of ether oxygens (including phenoxy) is 2. The van der Waals surface area contributed by atoms with Crippen molar-refractivity contribution in [3.8, 4) is 11.5 Å². The van der Waals surface area contributed by atoms with E-state index in [1.807, 2.05) is 17.8 Å². The molecule has 0 unspecified atom stereocenters. The van der Waals surface area contributed by atoms with Crippen molar-refractivity contribution in [1.82, 2.24) is 0 Å². The minimum absolute atomic E-state index is 0.340. The Bertz CT molecular complexity index is 514. The molecule has 2 rings (SSSR count). The van der Waals surface area contributed by atoms with Gasteiger partial charge in [-0.15, -0.1) is 11.8 Å². The summed E-state index contributed by atoms with van der Waals surface area (Å²) in [7, 11) is 0. The van der Waals surface area contributed by atoms with Crippen LogP contribution in [0, 0.1) is 0 Å². The summed E-state index contributed by atoms with van der Waals surface area (Å²) in [6.45, 7) is 6.84. The van der Waals surface area contributed by atoms with Gasteiger partial charge < -0.3 is 9.47 Å². The zero-order chi connectivity index (χ0) is 14.4. The molecule has 0 bridgehead atoms. The van der Waals surface area contributed by atoms with E-state index >= 15 is 0 Å². The van der Waals surface area contributed by atoms with Crippen LogP contribution in [-0.2, 0) is 0 Å². The summed E-state index contributed by atoms with van der Waals surface area (Å²) in [5.74, 6) is 2.71. The quantitative estimate of drug-likeness (QED) is 0.530. The molecular weight excluding hydrogens is 268 g/mol. The van der Waals surface area contributed by atoms with Gasteiger partial charge in [0.1, 0.15) is 0 Å². The lowest BCUT2D eigenvalue weighted by atomic mass is 10.1. The summed E-state index contributed by atoms with van der Waals surface area (Å²) in [5.41, 5.74) is 2.85. The highest BCUT2D eigenvalue weighted by atomic mass is 32.2. The van der Waals surface area contributed by atoms with Crippen LogP contribution >= 0.6 is 11.8 Å². The van der Waals surface area contributed by atoms with Crippen LogP contribution in [0.25, 0.3) is 0 Å². The van der Waals surface area contributed by atoms with Crippen LogP contribution in [0.1, 0.15) is 33.6 Å². The van der Waals surface area contributed by atoms with E-state index in [-0.39, 0.29) is 0 Å². The molecule has 108 valence electrons. The van der Waals surface area contributed by atoms with Crippen molar-refractivity contribution >= 4 is 11.8 Å². The van der Waals surface area contributed by atoms with E-state index in [1.54, 1.807) is 0 Å². The Hall–Kier alpha value is -1.35. The zero-order valence-corrected chi connectivity index (χ0v) is 13.3. The molecule has 1 aromatic rings. The SMILES string of the molecule is CC(C)=CCCC(C)=CCSc1ccc2c(c1)OCO2. The highest BCUT2D eigenvalue weighted by Crippen LogP contribution is 2.35. The Labute approximate surface area is 125 Å². The molecule has 0 saturated carbocycles. The topological polar surface area (TPSA) is 18.5 Å². The van der Waals surface area contributed by atoms with E-state index in [0.717, 1.165) is 30.1 Å². The smallest absolute Gasteiger partial charge is 0.231 e. The second-order valence-corrected chi connectivity index (χ2v) is 6.29. The maximum Gasteiger partial charge on any atom is 0.231 e. The van der Waals surface area contributed by atoms with Crippen LogP contribution in [-0.4, -0.2) is 12.5 Å². The first-order valence-corrected chi connectivity index (χ1v) is 7.95. The van der Waals surface area contributed by atoms with Gasteiger partial charge in [0.2, 0.25) is 6.79 Å². The van der Waals surface area contributed by atoms with Crippen molar-refractivity contribution in [3.05, 3.63) is 41.5 Å². The molecule has 0 radical (unpaired) electrons. The van der Waals surface area contributed by atoms with Crippen molar-refractivity contribution in [2.24, 2.45) is 0 Å². The zero-order valence-electron chi connectivity index (χ0n) is 12.4. The average Bonchev–Trinajstić information content (AvgIpc) is 2.85. The lowest BCUT2D eigenvalue weighted by Crippen LogP contribution is -1.92. The molecule has 3 heteroatoms.